The Hall–Kier alpha value is -2.27. The van der Waals surface area contributed by atoms with Crippen LogP contribution >= 0.6 is 11.8 Å². The average Bonchev–Trinajstić information content (AvgIpc) is 2.88. The Morgan fingerprint density at radius 1 is 1.17 bits per heavy atom. The highest BCUT2D eigenvalue weighted by atomic mass is 32.2. The SMILES string of the molecule is CSC1=NC2(CC(c3ccccc3)Oc3ccccc32)C(=O)N1C. The lowest BCUT2D eigenvalue weighted by molar-refractivity contribution is -0.132. The highest BCUT2D eigenvalue weighted by Crippen LogP contribution is 2.50. The summed E-state index contributed by atoms with van der Waals surface area (Å²) in [6.45, 7) is 0. The van der Waals surface area contributed by atoms with Crippen LogP contribution in [0.25, 0.3) is 0 Å². The number of carbonyl (C=O) groups excluding carboxylic acids is 1. The Morgan fingerprint density at radius 2 is 1.88 bits per heavy atom. The van der Waals surface area contributed by atoms with Crippen molar-refractivity contribution in [1.82, 2.24) is 4.90 Å². The van der Waals surface area contributed by atoms with E-state index in [9.17, 15) is 4.79 Å². The molecule has 122 valence electrons. The predicted octanol–water partition coefficient (Wildman–Crippen LogP) is 3.60. The van der Waals surface area contributed by atoms with Gasteiger partial charge in [0.15, 0.2) is 10.7 Å². The van der Waals surface area contributed by atoms with Gasteiger partial charge < -0.3 is 4.74 Å². The molecule has 0 N–H and O–H groups in total. The third kappa shape index (κ3) is 2.15. The van der Waals surface area contributed by atoms with Crippen LogP contribution in [0, 0.1) is 0 Å². The molecule has 2 aliphatic rings. The summed E-state index contributed by atoms with van der Waals surface area (Å²) in [4.78, 5) is 19.6. The number of hydrogen-bond donors (Lipinski definition) is 0. The number of benzene rings is 2. The Kier molecular flexibility index (Phi) is 3.61. The van der Waals surface area contributed by atoms with Crippen molar-refractivity contribution in [2.24, 2.45) is 4.99 Å². The minimum atomic E-state index is -0.886. The molecule has 0 saturated heterocycles. The van der Waals surface area contributed by atoms with Crippen LogP contribution in [0.2, 0.25) is 0 Å². The van der Waals surface area contributed by atoms with Crippen molar-refractivity contribution in [3.8, 4) is 5.75 Å². The highest BCUT2D eigenvalue weighted by molar-refractivity contribution is 8.13. The number of para-hydroxylation sites is 1. The van der Waals surface area contributed by atoms with E-state index in [0.717, 1.165) is 22.0 Å². The van der Waals surface area contributed by atoms with Crippen LogP contribution in [-0.4, -0.2) is 29.3 Å². The number of hydrogen-bond acceptors (Lipinski definition) is 4. The summed E-state index contributed by atoms with van der Waals surface area (Å²) in [5.41, 5.74) is 1.04. The van der Waals surface area contributed by atoms with E-state index >= 15 is 0 Å². The fourth-order valence-corrected chi connectivity index (χ4v) is 4.08. The number of rotatable bonds is 1. The summed E-state index contributed by atoms with van der Waals surface area (Å²) < 4.78 is 6.21. The van der Waals surface area contributed by atoms with Crippen LogP contribution in [0.3, 0.4) is 0 Å². The maximum atomic E-state index is 13.1. The summed E-state index contributed by atoms with van der Waals surface area (Å²) in [7, 11) is 1.79. The molecule has 2 aliphatic heterocycles. The Morgan fingerprint density at radius 3 is 2.58 bits per heavy atom. The number of fused-ring (bicyclic) bond motifs is 2. The van der Waals surface area contributed by atoms with Crippen molar-refractivity contribution < 1.29 is 9.53 Å². The number of ether oxygens (including phenoxy) is 1. The molecule has 0 aliphatic carbocycles. The molecule has 1 spiro atoms. The zero-order valence-corrected chi connectivity index (χ0v) is 14.4. The molecule has 2 heterocycles. The van der Waals surface area contributed by atoms with Crippen molar-refractivity contribution in [2.75, 3.05) is 13.3 Å². The van der Waals surface area contributed by atoms with Gasteiger partial charge in [-0.05, 0) is 17.9 Å². The van der Waals surface area contributed by atoms with Crippen LogP contribution in [0.1, 0.15) is 23.7 Å². The van der Waals surface area contributed by atoms with Gasteiger partial charge in [-0.2, -0.15) is 0 Å². The molecule has 2 aromatic rings. The normalized spacial score (nSPS) is 25.4. The van der Waals surface area contributed by atoms with E-state index in [4.69, 9.17) is 9.73 Å². The second kappa shape index (κ2) is 5.67. The quantitative estimate of drug-likeness (QED) is 0.798. The number of nitrogens with zero attached hydrogens (tertiary/aromatic N) is 2. The van der Waals surface area contributed by atoms with E-state index in [2.05, 4.69) is 0 Å². The van der Waals surface area contributed by atoms with Crippen molar-refractivity contribution in [3.63, 3.8) is 0 Å². The second-order valence-electron chi connectivity index (χ2n) is 6.04. The molecular formula is C19H18N2O2S. The number of likely N-dealkylation sites (N-methyl/N-ethyl adjacent to an activating group) is 1. The maximum Gasteiger partial charge on any atom is 0.261 e. The van der Waals surface area contributed by atoms with Gasteiger partial charge >= 0.3 is 0 Å². The van der Waals surface area contributed by atoms with Crippen LogP contribution in [0.15, 0.2) is 59.6 Å². The first-order valence-corrected chi connectivity index (χ1v) is 9.11. The lowest BCUT2D eigenvalue weighted by Crippen LogP contribution is -2.42. The number of carbonyl (C=O) groups is 1. The van der Waals surface area contributed by atoms with Crippen LogP contribution in [0.5, 0.6) is 5.75 Å². The van der Waals surface area contributed by atoms with Crippen molar-refractivity contribution in [2.45, 2.75) is 18.1 Å². The van der Waals surface area contributed by atoms with Crippen molar-refractivity contribution in [3.05, 3.63) is 65.7 Å². The van der Waals surface area contributed by atoms with Crippen LogP contribution in [0.4, 0.5) is 0 Å². The standard InChI is InChI=1S/C19H18N2O2S/c1-21-17(22)19(20-18(21)24-2)12-16(13-8-4-3-5-9-13)23-15-11-7-6-10-14(15)19/h3-11,16H,12H2,1-2H3. The molecule has 2 unspecified atom stereocenters. The summed E-state index contributed by atoms with van der Waals surface area (Å²) >= 11 is 1.50. The smallest absolute Gasteiger partial charge is 0.261 e. The largest absolute Gasteiger partial charge is 0.485 e. The first-order chi connectivity index (χ1) is 11.7. The van der Waals surface area contributed by atoms with E-state index in [1.54, 1.807) is 11.9 Å². The Bertz CT molecular complexity index is 821. The maximum absolute atomic E-state index is 13.1. The van der Waals surface area contributed by atoms with Gasteiger partial charge in [0.1, 0.15) is 11.9 Å². The third-order valence-corrected chi connectivity index (χ3v) is 5.40. The second-order valence-corrected chi connectivity index (χ2v) is 6.81. The third-order valence-electron chi connectivity index (χ3n) is 4.67. The van der Waals surface area contributed by atoms with E-state index in [1.165, 1.54) is 11.8 Å². The Balaban J connectivity index is 1.87. The summed E-state index contributed by atoms with van der Waals surface area (Å²) in [6.07, 6.45) is 2.27. The molecule has 1 amide bonds. The number of amidine groups is 1. The minimum Gasteiger partial charge on any atom is -0.485 e. The average molecular weight is 338 g/mol. The lowest BCUT2D eigenvalue weighted by Gasteiger charge is -2.36. The molecule has 0 bridgehead atoms. The fourth-order valence-electron chi connectivity index (χ4n) is 3.48. The molecule has 0 radical (unpaired) electrons. The first kappa shape index (κ1) is 15.3. The Labute approximate surface area is 145 Å². The highest BCUT2D eigenvalue weighted by Gasteiger charge is 2.53. The van der Waals surface area contributed by atoms with Gasteiger partial charge in [0.05, 0.1) is 0 Å². The monoisotopic (exact) mass is 338 g/mol. The summed E-state index contributed by atoms with van der Waals surface area (Å²) in [5, 5.41) is 0.753. The van der Waals surface area contributed by atoms with Gasteiger partial charge in [-0.25, -0.2) is 4.99 Å². The van der Waals surface area contributed by atoms with E-state index in [-0.39, 0.29) is 12.0 Å². The molecule has 4 nitrogen and oxygen atoms in total. The van der Waals surface area contributed by atoms with E-state index < -0.39 is 5.54 Å². The minimum absolute atomic E-state index is 0.0172. The molecule has 2 atom stereocenters. The molecule has 0 fully saturated rings. The number of thioether (sulfide) groups is 1. The summed E-state index contributed by atoms with van der Waals surface area (Å²) in [5.74, 6) is 0.758. The molecule has 4 rings (SSSR count). The van der Waals surface area contributed by atoms with Gasteiger partial charge in [0, 0.05) is 19.0 Å². The van der Waals surface area contributed by atoms with Gasteiger partial charge in [-0.15, -0.1) is 0 Å². The molecule has 2 aromatic carbocycles. The summed E-state index contributed by atoms with van der Waals surface area (Å²) in [6, 6.07) is 17.8. The fraction of sp³-hybridized carbons (Fsp3) is 0.263. The lowest BCUT2D eigenvalue weighted by atomic mass is 9.80. The van der Waals surface area contributed by atoms with E-state index in [1.807, 2.05) is 60.9 Å². The topological polar surface area (TPSA) is 41.9 Å². The molecule has 0 saturated carbocycles. The van der Waals surface area contributed by atoms with E-state index in [0.29, 0.717) is 6.42 Å². The van der Waals surface area contributed by atoms with Gasteiger partial charge in [-0.1, -0.05) is 60.3 Å². The number of amides is 1. The van der Waals surface area contributed by atoms with Crippen molar-refractivity contribution in [1.29, 1.82) is 0 Å². The zero-order chi connectivity index (χ0) is 16.7. The first-order valence-electron chi connectivity index (χ1n) is 7.89. The predicted molar refractivity (Wildman–Crippen MR) is 96.3 cm³/mol. The van der Waals surface area contributed by atoms with Gasteiger partial charge in [0.2, 0.25) is 0 Å². The molecule has 5 heteroatoms. The zero-order valence-electron chi connectivity index (χ0n) is 13.6. The molecule has 24 heavy (non-hydrogen) atoms. The molecule has 0 aromatic heterocycles. The number of aliphatic imine (C=N–C) groups is 1. The van der Waals surface area contributed by atoms with Crippen LogP contribution < -0.4 is 4.74 Å². The molecular weight excluding hydrogens is 320 g/mol. The van der Waals surface area contributed by atoms with Crippen LogP contribution in [-0.2, 0) is 10.3 Å². The van der Waals surface area contributed by atoms with Gasteiger partial charge in [0.25, 0.3) is 5.91 Å². The van der Waals surface area contributed by atoms with Crippen molar-refractivity contribution >= 4 is 22.8 Å². The van der Waals surface area contributed by atoms with Gasteiger partial charge in [-0.3, -0.25) is 9.69 Å².